The summed E-state index contributed by atoms with van der Waals surface area (Å²) >= 11 is 11.7. The molecular formula is C11H14Cl2N2O3S. The number of hydrogen-bond donors (Lipinski definition) is 2. The molecule has 1 unspecified atom stereocenters. The van der Waals surface area contributed by atoms with Gasteiger partial charge in [-0.2, -0.15) is 0 Å². The number of nitrogens with two attached hydrogens (primary N) is 1. The van der Waals surface area contributed by atoms with Crippen molar-refractivity contribution in [1.82, 2.24) is 4.72 Å². The summed E-state index contributed by atoms with van der Waals surface area (Å²) in [7, 11) is -3.77. The molecule has 0 bridgehead atoms. The van der Waals surface area contributed by atoms with Gasteiger partial charge in [0.25, 0.3) is 0 Å². The highest BCUT2D eigenvalue weighted by Gasteiger charge is 2.24. The number of anilines is 1. The first-order valence-corrected chi connectivity index (χ1v) is 8.00. The Bertz CT molecular complexity index is 548. The van der Waals surface area contributed by atoms with Crippen molar-refractivity contribution < 1.29 is 13.2 Å². The van der Waals surface area contributed by atoms with Crippen LogP contribution in [0, 0.1) is 0 Å². The maximum Gasteiger partial charge on any atom is 0.244 e. The lowest BCUT2D eigenvalue weighted by molar-refractivity contribution is 0.114. The van der Waals surface area contributed by atoms with Crippen LogP contribution in [-0.2, 0) is 14.8 Å². The van der Waals surface area contributed by atoms with Gasteiger partial charge in [-0.1, -0.05) is 23.2 Å². The molecule has 0 aliphatic carbocycles. The van der Waals surface area contributed by atoms with Gasteiger partial charge >= 0.3 is 0 Å². The van der Waals surface area contributed by atoms with Gasteiger partial charge in [0, 0.05) is 18.2 Å². The normalized spacial score (nSPS) is 19.8. The number of halogens is 2. The van der Waals surface area contributed by atoms with Crippen molar-refractivity contribution in [3.8, 4) is 0 Å². The predicted octanol–water partition coefficient (Wildman–Crippen LogP) is 2.03. The molecule has 0 aromatic heterocycles. The van der Waals surface area contributed by atoms with E-state index in [9.17, 15) is 8.42 Å². The van der Waals surface area contributed by atoms with Gasteiger partial charge in [0.1, 0.15) is 4.90 Å². The molecule has 1 aromatic rings. The highest BCUT2D eigenvalue weighted by atomic mass is 35.5. The average molecular weight is 325 g/mol. The van der Waals surface area contributed by atoms with Gasteiger partial charge in [-0.05, 0) is 25.0 Å². The molecule has 1 aliphatic rings. The first-order chi connectivity index (χ1) is 8.90. The Kier molecular flexibility index (Phi) is 4.58. The Morgan fingerprint density at radius 2 is 2.16 bits per heavy atom. The zero-order valence-electron chi connectivity index (χ0n) is 10.0. The molecule has 1 heterocycles. The van der Waals surface area contributed by atoms with E-state index < -0.39 is 10.0 Å². The quantitative estimate of drug-likeness (QED) is 0.830. The highest BCUT2D eigenvalue weighted by molar-refractivity contribution is 7.89. The third-order valence-electron chi connectivity index (χ3n) is 2.83. The first kappa shape index (κ1) is 14.9. The fraction of sp³-hybridized carbons (Fsp3) is 0.455. The van der Waals surface area contributed by atoms with Gasteiger partial charge in [0.2, 0.25) is 10.0 Å². The molecule has 19 heavy (non-hydrogen) atoms. The summed E-state index contributed by atoms with van der Waals surface area (Å²) in [5.74, 6) is 0. The third-order valence-corrected chi connectivity index (χ3v) is 5.00. The van der Waals surface area contributed by atoms with Crippen molar-refractivity contribution >= 4 is 38.9 Å². The molecule has 1 aromatic carbocycles. The minimum atomic E-state index is -3.77. The summed E-state index contributed by atoms with van der Waals surface area (Å²) in [5, 5.41) is 0.297. The lowest BCUT2D eigenvalue weighted by Crippen LogP contribution is -2.32. The Morgan fingerprint density at radius 3 is 2.74 bits per heavy atom. The number of nitrogens with one attached hydrogen (secondary N) is 1. The number of hydrogen-bond acceptors (Lipinski definition) is 4. The van der Waals surface area contributed by atoms with Gasteiger partial charge in [-0.25, -0.2) is 13.1 Å². The molecule has 8 heteroatoms. The monoisotopic (exact) mass is 324 g/mol. The van der Waals surface area contributed by atoms with Crippen LogP contribution >= 0.6 is 23.2 Å². The van der Waals surface area contributed by atoms with Crippen molar-refractivity contribution in [3.63, 3.8) is 0 Å². The van der Waals surface area contributed by atoms with E-state index in [1.165, 1.54) is 12.1 Å². The van der Waals surface area contributed by atoms with E-state index in [1.807, 2.05) is 0 Å². The summed E-state index contributed by atoms with van der Waals surface area (Å²) in [6.45, 7) is 0.872. The molecule has 1 aliphatic heterocycles. The minimum Gasteiger partial charge on any atom is -0.398 e. The van der Waals surface area contributed by atoms with Crippen LogP contribution in [0.25, 0.3) is 0 Å². The van der Waals surface area contributed by atoms with Gasteiger partial charge in [0.05, 0.1) is 16.8 Å². The summed E-state index contributed by atoms with van der Waals surface area (Å²) in [5.41, 5.74) is 5.70. The van der Waals surface area contributed by atoms with Crippen LogP contribution in [0.3, 0.4) is 0 Å². The number of rotatable bonds is 4. The fourth-order valence-corrected chi connectivity index (χ4v) is 3.99. The SMILES string of the molecule is Nc1cc(Cl)cc(Cl)c1S(=O)(=O)NCC1CCCO1. The van der Waals surface area contributed by atoms with E-state index in [1.54, 1.807) is 0 Å². The smallest absolute Gasteiger partial charge is 0.244 e. The lowest BCUT2D eigenvalue weighted by atomic mass is 10.2. The van der Waals surface area contributed by atoms with E-state index in [4.69, 9.17) is 33.7 Å². The van der Waals surface area contributed by atoms with Crippen molar-refractivity contribution in [3.05, 3.63) is 22.2 Å². The molecule has 3 N–H and O–H groups in total. The standard InChI is InChI=1S/C11H14Cl2N2O3S/c12-7-4-9(13)11(10(14)5-7)19(16,17)15-6-8-2-1-3-18-8/h4-5,8,15H,1-3,6,14H2. The van der Waals surface area contributed by atoms with E-state index in [0.29, 0.717) is 11.6 Å². The van der Waals surface area contributed by atoms with E-state index in [-0.39, 0.29) is 28.3 Å². The van der Waals surface area contributed by atoms with Crippen LogP contribution in [0.2, 0.25) is 10.0 Å². The van der Waals surface area contributed by atoms with Crippen molar-refractivity contribution in [2.75, 3.05) is 18.9 Å². The number of benzene rings is 1. The maximum absolute atomic E-state index is 12.2. The zero-order chi connectivity index (χ0) is 14.0. The predicted molar refractivity (Wildman–Crippen MR) is 75.0 cm³/mol. The van der Waals surface area contributed by atoms with E-state index in [2.05, 4.69) is 4.72 Å². The molecule has 5 nitrogen and oxygen atoms in total. The number of nitrogen functional groups attached to an aromatic ring is 1. The fourth-order valence-electron chi connectivity index (χ4n) is 1.94. The summed E-state index contributed by atoms with van der Waals surface area (Å²) < 4.78 is 32.1. The van der Waals surface area contributed by atoms with E-state index in [0.717, 1.165) is 12.8 Å². The van der Waals surface area contributed by atoms with Gasteiger partial charge in [0.15, 0.2) is 0 Å². The Hall–Kier alpha value is -0.530. The molecule has 2 rings (SSSR count). The van der Waals surface area contributed by atoms with Gasteiger partial charge in [-0.15, -0.1) is 0 Å². The van der Waals surface area contributed by atoms with Crippen LogP contribution in [-0.4, -0.2) is 27.7 Å². The van der Waals surface area contributed by atoms with Crippen molar-refractivity contribution in [2.45, 2.75) is 23.8 Å². The van der Waals surface area contributed by atoms with Crippen LogP contribution in [0.15, 0.2) is 17.0 Å². The van der Waals surface area contributed by atoms with Crippen LogP contribution in [0.1, 0.15) is 12.8 Å². The second kappa shape index (κ2) is 5.85. The Balaban J connectivity index is 2.19. The second-order valence-electron chi connectivity index (χ2n) is 4.29. The summed E-state index contributed by atoms with van der Waals surface area (Å²) in [4.78, 5) is -0.142. The van der Waals surface area contributed by atoms with Crippen LogP contribution < -0.4 is 10.5 Å². The highest BCUT2D eigenvalue weighted by Crippen LogP contribution is 2.31. The molecule has 106 valence electrons. The molecule has 0 amide bonds. The molecular weight excluding hydrogens is 311 g/mol. The summed E-state index contributed by atoms with van der Waals surface area (Å²) in [6, 6.07) is 2.70. The largest absolute Gasteiger partial charge is 0.398 e. The number of sulfonamides is 1. The molecule has 1 saturated heterocycles. The first-order valence-electron chi connectivity index (χ1n) is 5.76. The second-order valence-corrected chi connectivity index (χ2v) is 6.84. The van der Waals surface area contributed by atoms with Crippen molar-refractivity contribution in [2.24, 2.45) is 0 Å². The third kappa shape index (κ3) is 3.52. The summed E-state index contributed by atoms with van der Waals surface area (Å²) in [6.07, 6.45) is 1.69. The molecule has 0 radical (unpaired) electrons. The van der Waals surface area contributed by atoms with E-state index >= 15 is 0 Å². The van der Waals surface area contributed by atoms with Gasteiger partial charge < -0.3 is 10.5 Å². The minimum absolute atomic E-state index is 0.00448. The van der Waals surface area contributed by atoms with Crippen molar-refractivity contribution in [1.29, 1.82) is 0 Å². The molecule has 1 fully saturated rings. The zero-order valence-corrected chi connectivity index (χ0v) is 12.4. The molecule has 0 saturated carbocycles. The van der Waals surface area contributed by atoms with Gasteiger partial charge in [-0.3, -0.25) is 0 Å². The average Bonchev–Trinajstić information content (AvgIpc) is 2.77. The molecule has 0 spiro atoms. The Morgan fingerprint density at radius 1 is 1.42 bits per heavy atom. The van der Waals surface area contributed by atoms with Crippen LogP contribution in [0.5, 0.6) is 0 Å². The lowest BCUT2D eigenvalue weighted by Gasteiger charge is -2.14. The Labute approximate surface area is 122 Å². The topological polar surface area (TPSA) is 81.4 Å². The van der Waals surface area contributed by atoms with Crippen LogP contribution in [0.4, 0.5) is 5.69 Å². The number of ether oxygens (including phenoxy) is 1. The maximum atomic E-state index is 12.2. The molecule has 1 atom stereocenters.